The Labute approximate surface area is 150 Å². The second-order valence-electron chi connectivity index (χ2n) is 4.61. The van der Waals surface area contributed by atoms with Gasteiger partial charge in [-0.1, -0.05) is 29.3 Å². The van der Waals surface area contributed by atoms with Crippen molar-refractivity contribution in [2.75, 3.05) is 0 Å². The summed E-state index contributed by atoms with van der Waals surface area (Å²) in [5.41, 5.74) is 3.17. The smallest absolute Gasteiger partial charge is 0.276 e. The van der Waals surface area contributed by atoms with Crippen LogP contribution in [-0.2, 0) is 0 Å². The van der Waals surface area contributed by atoms with E-state index in [9.17, 15) is 9.18 Å². The Morgan fingerprint density at radius 3 is 2.88 bits per heavy atom. The van der Waals surface area contributed by atoms with Crippen molar-refractivity contribution in [1.29, 1.82) is 0 Å². The minimum Gasteiger partial charge on any atom is -0.276 e. The van der Waals surface area contributed by atoms with Crippen molar-refractivity contribution in [3.63, 3.8) is 0 Å². The zero-order chi connectivity index (χ0) is 17.1. The maximum Gasteiger partial charge on any atom is 0.291 e. The van der Waals surface area contributed by atoms with Gasteiger partial charge in [-0.2, -0.15) is 10.2 Å². The van der Waals surface area contributed by atoms with Gasteiger partial charge in [-0.05, 0) is 30.3 Å². The lowest BCUT2D eigenvalue weighted by Gasteiger charge is -1.99. The van der Waals surface area contributed by atoms with Gasteiger partial charge in [0.2, 0.25) is 0 Å². The summed E-state index contributed by atoms with van der Waals surface area (Å²) in [7, 11) is 0. The Morgan fingerprint density at radius 2 is 2.17 bits per heavy atom. The van der Waals surface area contributed by atoms with E-state index in [0.717, 1.165) is 11.1 Å². The lowest BCUT2D eigenvalue weighted by molar-refractivity contribution is 0.0950. The number of nitrogens with one attached hydrogen (secondary N) is 2. The van der Waals surface area contributed by atoms with Crippen LogP contribution >= 0.6 is 34.5 Å². The number of hydrogen-bond acceptors (Lipinski definition) is 4. The maximum atomic E-state index is 13.6. The zero-order valence-corrected chi connectivity index (χ0v) is 14.2. The van der Waals surface area contributed by atoms with Gasteiger partial charge in [0.1, 0.15) is 5.82 Å². The predicted molar refractivity (Wildman–Crippen MR) is 93.4 cm³/mol. The third-order valence-electron chi connectivity index (χ3n) is 3.01. The van der Waals surface area contributed by atoms with Crippen LogP contribution in [0.5, 0.6) is 0 Å². The topological polar surface area (TPSA) is 70.1 Å². The molecule has 0 fully saturated rings. The summed E-state index contributed by atoms with van der Waals surface area (Å²) < 4.78 is 14.2. The number of carbonyl (C=O) groups is 1. The lowest BCUT2D eigenvalue weighted by Crippen LogP contribution is -2.18. The van der Waals surface area contributed by atoms with Crippen LogP contribution in [-0.4, -0.2) is 22.3 Å². The molecule has 1 aromatic carbocycles. The summed E-state index contributed by atoms with van der Waals surface area (Å²) in [6.07, 6.45) is 1.14. The van der Waals surface area contributed by atoms with Gasteiger partial charge in [-0.25, -0.2) is 9.82 Å². The number of hydrogen-bond donors (Lipinski definition) is 2. The number of aromatic nitrogens is 2. The fraction of sp³-hybridized carbons (Fsp3) is 0. The van der Waals surface area contributed by atoms with Gasteiger partial charge in [-0.3, -0.25) is 9.89 Å². The molecule has 0 aliphatic carbocycles. The fourth-order valence-electron chi connectivity index (χ4n) is 1.87. The number of nitrogens with zero attached hydrogens (tertiary/aromatic N) is 2. The molecule has 0 aliphatic rings. The molecule has 3 aromatic rings. The molecule has 9 heteroatoms. The van der Waals surface area contributed by atoms with Gasteiger partial charge in [0.05, 0.1) is 26.1 Å². The van der Waals surface area contributed by atoms with E-state index in [4.69, 9.17) is 23.2 Å². The van der Waals surface area contributed by atoms with Gasteiger partial charge in [0.15, 0.2) is 5.69 Å². The summed E-state index contributed by atoms with van der Waals surface area (Å²) in [5.74, 6) is -1.07. The second kappa shape index (κ2) is 7.12. The van der Waals surface area contributed by atoms with Crippen molar-refractivity contribution in [3.8, 4) is 10.6 Å². The first-order valence-corrected chi connectivity index (χ1v) is 8.20. The highest BCUT2D eigenvalue weighted by Crippen LogP contribution is 2.29. The Morgan fingerprint density at radius 1 is 1.33 bits per heavy atom. The first-order valence-electron chi connectivity index (χ1n) is 6.63. The Kier molecular flexibility index (Phi) is 4.94. The molecule has 0 unspecified atom stereocenters. The van der Waals surface area contributed by atoms with Crippen LogP contribution in [0.1, 0.15) is 16.1 Å². The first kappa shape index (κ1) is 16.6. The molecule has 2 heterocycles. The number of thiophene rings is 1. The van der Waals surface area contributed by atoms with Crippen molar-refractivity contribution in [1.82, 2.24) is 15.6 Å². The molecular formula is C15H9Cl2FN4OS. The molecule has 5 nitrogen and oxygen atoms in total. The molecule has 0 atom stereocenters. The van der Waals surface area contributed by atoms with Gasteiger partial charge >= 0.3 is 0 Å². The maximum absolute atomic E-state index is 13.6. The summed E-state index contributed by atoms with van der Waals surface area (Å²) >= 11 is 13.1. The van der Waals surface area contributed by atoms with E-state index in [1.807, 2.05) is 6.07 Å². The third kappa shape index (κ3) is 3.64. The van der Waals surface area contributed by atoms with E-state index in [1.54, 1.807) is 12.1 Å². The normalized spacial score (nSPS) is 11.1. The van der Waals surface area contributed by atoms with E-state index in [0.29, 0.717) is 10.0 Å². The van der Waals surface area contributed by atoms with Gasteiger partial charge < -0.3 is 0 Å². The minimum absolute atomic E-state index is 0.0930. The van der Waals surface area contributed by atoms with Crippen molar-refractivity contribution in [2.24, 2.45) is 5.10 Å². The zero-order valence-electron chi connectivity index (χ0n) is 11.9. The highest BCUT2D eigenvalue weighted by Gasteiger charge is 2.12. The average molecular weight is 383 g/mol. The van der Waals surface area contributed by atoms with Crippen LogP contribution in [0, 0.1) is 5.82 Å². The van der Waals surface area contributed by atoms with E-state index in [2.05, 4.69) is 20.7 Å². The highest BCUT2D eigenvalue weighted by atomic mass is 35.5. The summed E-state index contributed by atoms with van der Waals surface area (Å²) in [4.78, 5) is 12.9. The molecule has 3 rings (SSSR count). The van der Waals surface area contributed by atoms with Gasteiger partial charge in [0.25, 0.3) is 5.91 Å². The molecular weight excluding hydrogens is 374 g/mol. The van der Waals surface area contributed by atoms with Crippen LogP contribution in [0.15, 0.2) is 41.5 Å². The Balaban J connectivity index is 1.70. The average Bonchev–Trinajstić information content (AvgIpc) is 3.19. The van der Waals surface area contributed by atoms with Crippen LogP contribution < -0.4 is 5.43 Å². The van der Waals surface area contributed by atoms with Crippen LogP contribution in [0.25, 0.3) is 10.6 Å². The van der Waals surface area contributed by atoms with Crippen LogP contribution in [0.2, 0.25) is 9.36 Å². The molecule has 0 saturated carbocycles. The number of hydrazone groups is 1. The van der Waals surface area contributed by atoms with Crippen LogP contribution in [0.4, 0.5) is 4.39 Å². The van der Waals surface area contributed by atoms with E-state index in [1.165, 1.54) is 29.5 Å². The number of H-pyrrole nitrogens is 1. The first-order chi connectivity index (χ1) is 11.5. The molecule has 1 amide bonds. The number of carbonyl (C=O) groups excluding carboxylic acids is 1. The minimum atomic E-state index is -0.538. The van der Waals surface area contributed by atoms with Crippen molar-refractivity contribution < 1.29 is 9.18 Å². The molecule has 0 radical (unpaired) electrons. The quantitative estimate of drug-likeness (QED) is 0.520. The van der Waals surface area contributed by atoms with E-state index >= 15 is 0 Å². The fourth-order valence-corrected chi connectivity index (χ4v) is 3.09. The summed E-state index contributed by atoms with van der Waals surface area (Å²) in [5, 5.41) is 10.6. The molecule has 122 valence electrons. The van der Waals surface area contributed by atoms with Gasteiger partial charge in [0, 0.05) is 5.56 Å². The molecule has 0 saturated heterocycles. The predicted octanol–water partition coefficient (Wildman–Crippen LogP) is 4.35. The number of halogens is 3. The molecule has 0 aliphatic heterocycles. The van der Waals surface area contributed by atoms with Crippen molar-refractivity contribution >= 4 is 46.7 Å². The SMILES string of the molecule is O=C(NN=Cc1c(F)cccc1Cl)c1cc(-c2ccc(Cl)s2)[nH]n1. The summed E-state index contributed by atoms with van der Waals surface area (Å²) in [6, 6.07) is 9.41. The number of amides is 1. The molecule has 2 N–H and O–H groups in total. The number of benzene rings is 1. The van der Waals surface area contributed by atoms with E-state index < -0.39 is 11.7 Å². The number of aromatic amines is 1. The Hall–Kier alpha value is -2.22. The van der Waals surface area contributed by atoms with Crippen LogP contribution in [0.3, 0.4) is 0 Å². The standard InChI is InChI=1S/C15H9Cl2FN4OS/c16-9-2-1-3-10(18)8(9)7-19-22-15(23)12-6-11(20-21-12)13-4-5-14(17)24-13/h1-7H,(H,20,21)(H,22,23). The van der Waals surface area contributed by atoms with Crippen molar-refractivity contribution in [2.45, 2.75) is 0 Å². The molecule has 0 bridgehead atoms. The monoisotopic (exact) mass is 382 g/mol. The van der Waals surface area contributed by atoms with E-state index in [-0.39, 0.29) is 16.3 Å². The Bertz CT molecular complexity index is 902. The van der Waals surface area contributed by atoms with Crippen molar-refractivity contribution in [3.05, 3.63) is 62.8 Å². The lowest BCUT2D eigenvalue weighted by atomic mass is 10.2. The van der Waals surface area contributed by atoms with Gasteiger partial charge in [-0.15, -0.1) is 11.3 Å². The number of rotatable bonds is 4. The molecule has 2 aromatic heterocycles. The molecule has 24 heavy (non-hydrogen) atoms. The second-order valence-corrected chi connectivity index (χ2v) is 6.73. The third-order valence-corrected chi connectivity index (χ3v) is 4.60. The largest absolute Gasteiger partial charge is 0.291 e. The molecule has 0 spiro atoms. The highest BCUT2D eigenvalue weighted by molar-refractivity contribution is 7.19. The summed E-state index contributed by atoms with van der Waals surface area (Å²) in [6.45, 7) is 0.